The summed E-state index contributed by atoms with van der Waals surface area (Å²) in [6, 6.07) is 1.29. The largest absolute Gasteiger partial charge is 0.370 e. The summed E-state index contributed by atoms with van der Waals surface area (Å²) in [5, 5.41) is 3.02. The molecule has 0 aliphatic heterocycles. The fourth-order valence-corrected chi connectivity index (χ4v) is 1.30. The van der Waals surface area contributed by atoms with Crippen LogP contribution in [0.2, 0.25) is 0 Å². The number of hydrogen-bond acceptors (Lipinski definition) is 4. The Balaban J connectivity index is 2.28. The summed E-state index contributed by atoms with van der Waals surface area (Å²) in [6.07, 6.45) is 4.32. The Bertz CT molecular complexity index is 257. The molecule has 0 fully saturated rings. The maximum absolute atomic E-state index is 12.5. The van der Waals surface area contributed by atoms with E-state index in [-0.39, 0.29) is 0 Å². The molecule has 1 aromatic heterocycles. The minimum absolute atomic E-state index is 0.498. The number of rotatable bonds is 5. The minimum atomic E-state index is -0.498. The Hall–Kier alpha value is -0.840. The van der Waals surface area contributed by atoms with E-state index in [9.17, 15) is 4.39 Å². The molecule has 0 amide bonds. The molecule has 0 unspecified atom stereocenters. The Morgan fingerprint density at radius 1 is 1.54 bits per heavy atom. The number of anilines is 1. The summed E-state index contributed by atoms with van der Waals surface area (Å²) in [5.74, 6) is 1.15. The van der Waals surface area contributed by atoms with Gasteiger partial charge in [-0.15, -0.1) is 0 Å². The second kappa shape index (κ2) is 5.75. The zero-order valence-corrected chi connectivity index (χ0v) is 8.27. The summed E-state index contributed by atoms with van der Waals surface area (Å²) in [7, 11) is 0. The van der Waals surface area contributed by atoms with Crippen molar-refractivity contribution in [1.82, 2.24) is 9.97 Å². The average Bonchev–Trinajstić information content (AvgIpc) is 2.13. The van der Waals surface area contributed by atoms with E-state index in [1.54, 1.807) is 11.8 Å². The smallest absolute Gasteiger partial charge is 0.217 e. The third-order valence-electron chi connectivity index (χ3n) is 1.47. The fourth-order valence-electron chi connectivity index (χ4n) is 0.863. The molecular formula is C8H12FN3S. The lowest BCUT2D eigenvalue weighted by molar-refractivity contribution is 0.580. The van der Waals surface area contributed by atoms with Crippen LogP contribution in [0.15, 0.2) is 12.4 Å². The third-order valence-corrected chi connectivity index (χ3v) is 2.16. The molecule has 0 bridgehead atoms. The minimum Gasteiger partial charge on any atom is -0.370 e. The highest BCUT2D eigenvalue weighted by Crippen LogP contribution is 2.02. The van der Waals surface area contributed by atoms with Crippen molar-refractivity contribution in [1.29, 1.82) is 0 Å². The van der Waals surface area contributed by atoms with Crippen LogP contribution in [0.1, 0.15) is 6.42 Å². The van der Waals surface area contributed by atoms with Gasteiger partial charge in [-0.1, -0.05) is 0 Å². The molecule has 0 aromatic carbocycles. The zero-order valence-electron chi connectivity index (χ0n) is 7.46. The fraction of sp³-hybridized carbons (Fsp3) is 0.500. The van der Waals surface area contributed by atoms with Crippen molar-refractivity contribution in [3.8, 4) is 0 Å². The van der Waals surface area contributed by atoms with Crippen LogP contribution in [0.5, 0.6) is 0 Å². The molecule has 5 heteroatoms. The van der Waals surface area contributed by atoms with E-state index < -0.39 is 5.95 Å². The molecule has 1 heterocycles. The van der Waals surface area contributed by atoms with E-state index in [0.717, 1.165) is 18.7 Å². The van der Waals surface area contributed by atoms with Crippen LogP contribution >= 0.6 is 11.8 Å². The number of aromatic nitrogens is 2. The Morgan fingerprint density at radius 2 is 2.38 bits per heavy atom. The van der Waals surface area contributed by atoms with E-state index >= 15 is 0 Å². The molecule has 0 aliphatic rings. The van der Waals surface area contributed by atoms with Crippen LogP contribution in [0.3, 0.4) is 0 Å². The van der Waals surface area contributed by atoms with Gasteiger partial charge in [0.1, 0.15) is 12.1 Å². The predicted octanol–water partition coefficient (Wildman–Crippen LogP) is 1.78. The van der Waals surface area contributed by atoms with Crippen molar-refractivity contribution in [2.45, 2.75) is 6.42 Å². The Kier molecular flexibility index (Phi) is 4.53. The summed E-state index contributed by atoms with van der Waals surface area (Å²) in [5.41, 5.74) is 0. The van der Waals surface area contributed by atoms with E-state index in [4.69, 9.17) is 0 Å². The van der Waals surface area contributed by atoms with E-state index in [0.29, 0.717) is 5.82 Å². The highest BCUT2D eigenvalue weighted by molar-refractivity contribution is 7.98. The quantitative estimate of drug-likeness (QED) is 0.582. The summed E-state index contributed by atoms with van der Waals surface area (Å²) in [6.45, 7) is 0.817. The van der Waals surface area contributed by atoms with Crippen LogP contribution in [0.25, 0.3) is 0 Å². The first-order chi connectivity index (χ1) is 6.33. The first-order valence-corrected chi connectivity index (χ1v) is 5.42. The first-order valence-electron chi connectivity index (χ1n) is 4.03. The van der Waals surface area contributed by atoms with Crippen LogP contribution in [-0.4, -0.2) is 28.5 Å². The van der Waals surface area contributed by atoms with Crippen molar-refractivity contribution < 1.29 is 4.39 Å². The molecule has 0 radical (unpaired) electrons. The van der Waals surface area contributed by atoms with Crippen molar-refractivity contribution in [3.05, 3.63) is 18.3 Å². The number of hydrogen-bond donors (Lipinski definition) is 1. The standard InChI is InChI=1S/C8H12FN3S/c1-13-4-2-3-10-8-5-7(9)11-6-12-8/h5-6H,2-4H2,1H3,(H,10,11,12). The molecule has 0 saturated heterocycles. The molecule has 0 saturated carbocycles. The maximum atomic E-state index is 12.5. The van der Waals surface area contributed by atoms with Gasteiger partial charge in [-0.05, 0) is 18.4 Å². The SMILES string of the molecule is CSCCCNc1cc(F)ncn1. The van der Waals surface area contributed by atoms with Gasteiger partial charge in [-0.3, -0.25) is 0 Å². The molecule has 72 valence electrons. The monoisotopic (exact) mass is 201 g/mol. The molecule has 0 atom stereocenters. The number of thioether (sulfide) groups is 1. The van der Waals surface area contributed by atoms with Crippen LogP contribution in [-0.2, 0) is 0 Å². The molecule has 1 aromatic rings. The van der Waals surface area contributed by atoms with Gasteiger partial charge in [0.2, 0.25) is 5.95 Å². The second-order valence-electron chi connectivity index (χ2n) is 2.50. The number of nitrogens with one attached hydrogen (secondary N) is 1. The topological polar surface area (TPSA) is 37.8 Å². The van der Waals surface area contributed by atoms with Gasteiger partial charge in [-0.25, -0.2) is 9.97 Å². The molecule has 1 N–H and O–H groups in total. The number of nitrogens with zero attached hydrogens (tertiary/aromatic N) is 2. The lowest BCUT2D eigenvalue weighted by Crippen LogP contribution is -2.04. The van der Waals surface area contributed by atoms with E-state index in [1.807, 2.05) is 0 Å². The maximum Gasteiger partial charge on any atom is 0.217 e. The van der Waals surface area contributed by atoms with Gasteiger partial charge in [-0.2, -0.15) is 16.2 Å². The van der Waals surface area contributed by atoms with Crippen molar-refractivity contribution in [2.24, 2.45) is 0 Å². The van der Waals surface area contributed by atoms with Gasteiger partial charge >= 0.3 is 0 Å². The first kappa shape index (κ1) is 10.2. The van der Waals surface area contributed by atoms with E-state index in [1.165, 1.54) is 12.4 Å². The van der Waals surface area contributed by atoms with Crippen LogP contribution in [0.4, 0.5) is 10.2 Å². The predicted molar refractivity (Wildman–Crippen MR) is 53.5 cm³/mol. The third kappa shape index (κ3) is 4.07. The van der Waals surface area contributed by atoms with Crippen LogP contribution in [0, 0.1) is 5.95 Å². The van der Waals surface area contributed by atoms with Gasteiger partial charge in [0, 0.05) is 12.6 Å². The average molecular weight is 201 g/mol. The molecule has 0 spiro atoms. The summed E-state index contributed by atoms with van der Waals surface area (Å²) >= 11 is 1.79. The number of halogens is 1. The van der Waals surface area contributed by atoms with Crippen molar-refractivity contribution in [3.63, 3.8) is 0 Å². The molecule has 3 nitrogen and oxygen atoms in total. The molecular weight excluding hydrogens is 189 g/mol. The van der Waals surface area contributed by atoms with Crippen molar-refractivity contribution >= 4 is 17.6 Å². The Morgan fingerprint density at radius 3 is 3.08 bits per heavy atom. The zero-order chi connectivity index (χ0) is 9.52. The van der Waals surface area contributed by atoms with Gasteiger partial charge in [0.25, 0.3) is 0 Å². The normalized spacial score (nSPS) is 10.0. The lowest BCUT2D eigenvalue weighted by Gasteiger charge is -2.03. The summed E-state index contributed by atoms with van der Waals surface area (Å²) in [4.78, 5) is 7.23. The summed E-state index contributed by atoms with van der Waals surface area (Å²) < 4.78 is 12.5. The van der Waals surface area contributed by atoms with Gasteiger partial charge < -0.3 is 5.32 Å². The second-order valence-corrected chi connectivity index (χ2v) is 3.48. The molecule has 0 aliphatic carbocycles. The van der Waals surface area contributed by atoms with Crippen LogP contribution < -0.4 is 5.32 Å². The Labute approximate surface area is 81.2 Å². The highest BCUT2D eigenvalue weighted by atomic mass is 32.2. The van der Waals surface area contributed by atoms with Gasteiger partial charge in [0.05, 0.1) is 0 Å². The molecule has 13 heavy (non-hydrogen) atoms. The van der Waals surface area contributed by atoms with E-state index in [2.05, 4.69) is 21.5 Å². The van der Waals surface area contributed by atoms with Gasteiger partial charge in [0.15, 0.2) is 0 Å². The molecule has 1 rings (SSSR count). The highest BCUT2D eigenvalue weighted by Gasteiger charge is 1.95. The lowest BCUT2D eigenvalue weighted by atomic mass is 10.4. The van der Waals surface area contributed by atoms with Crippen molar-refractivity contribution in [2.75, 3.05) is 23.9 Å².